The summed E-state index contributed by atoms with van der Waals surface area (Å²) in [5.41, 5.74) is 3.27. The molecule has 0 aromatic heterocycles. The Kier molecular flexibility index (Phi) is 5.64. The first-order valence-electron chi connectivity index (χ1n) is 9.07. The molecule has 27 heavy (non-hydrogen) atoms. The first kappa shape index (κ1) is 18.8. The number of carbonyl (C=O) groups is 2. The molecular weight excluding hydrogens is 344 g/mol. The minimum Gasteiger partial charge on any atom is -0.492 e. The van der Waals surface area contributed by atoms with Gasteiger partial charge in [0.1, 0.15) is 17.6 Å². The average molecular weight is 368 g/mol. The minimum atomic E-state index is -0.144. The Morgan fingerprint density at radius 3 is 2.59 bits per heavy atom. The van der Waals surface area contributed by atoms with Crippen LogP contribution in [0.4, 0.5) is 11.4 Å². The molecule has 1 atom stereocenters. The summed E-state index contributed by atoms with van der Waals surface area (Å²) in [6.07, 6.45) is 1.19. The van der Waals surface area contributed by atoms with Crippen molar-refractivity contribution in [3.63, 3.8) is 0 Å². The molecule has 0 spiro atoms. The van der Waals surface area contributed by atoms with E-state index < -0.39 is 0 Å². The van der Waals surface area contributed by atoms with E-state index in [9.17, 15) is 9.59 Å². The Balaban J connectivity index is 1.70. The lowest BCUT2D eigenvalue weighted by Crippen LogP contribution is -2.15. The number of carbonyl (C=O) groups excluding carboxylic acids is 2. The Morgan fingerprint density at radius 1 is 1.19 bits per heavy atom. The Morgan fingerprint density at radius 2 is 1.93 bits per heavy atom. The van der Waals surface area contributed by atoms with Crippen molar-refractivity contribution < 1.29 is 19.1 Å². The summed E-state index contributed by atoms with van der Waals surface area (Å²) in [7, 11) is 0. The molecule has 1 aliphatic rings. The lowest BCUT2D eigenvalue weighted by molar-refractivity contribution is -0.116. The number of ether oxygens (including phenoxy) is 2. The van der Waals surface area contributed by atoms with Gasteiger partial charge in [0.2, 0.25) is 11.8 Å². The van der Waals surface area contributed by atoms with Crippen LogP contribution in [0, 0.1) is 0 Å². The lowest BCUT2D eigenvalue weighted by Gasteiger charge is -2.14. The minimum absolute atomic E-state index is 0.127. The normalized spacial score (nSPS) is 14.9. The molecule has 0 radical (unpaired) electrons. The van der Waals surface area contributed by atoms with Crippen LogP contribution in [0.15, 0.2) is 36.4 Å². The predicted octanol–water partition coefficient (Wildman–Crippen LogP) is 3.55. The first-order valence-corrected chi connectivity index (χ1v) is 9.07. The van der Waals surface area contributed by atoms with Gasteiger partial charge in [-0.3, -0.25) is 9.59 Å². The van der Waals surface area contributed by atoms with E-state index in [1.54, 1.807) is 12.1 Å². The number of hydrogen-bond donors (Lipinski definition) is 2. The van der Waals surface area contributed by atoms with Gasteiger partial charge in [-0.25, -0.2) is 0 Å². The van der Waals surface area contributed by atoms with Crippen molar-refractivity contribution in [1.29, 1.82) is 0 Å². The van der Waals surface area contributed by atoms with Crippen molar-refractivity contribution in [2.45, 2.75) is 39.7 Å². The van der Waals surface area contributed by atoms with Crippen molar-refractivity contribution in [2.75, 3.05) is 17.2 Å². The molecule has 3 rings (SSSR count). The summed E-state index contributed by atoms with van der Waals surface area (Å²) in [6, 6.07) is 11.0. The fraction of sp³-hybridized carbons (Fsp3) is 0.333. The number of nitrogens with one attached hydrogen (secondary N) is 2. The summed E-state index contributed by atoms with van der Waals surface area (Å²) in [5.74, 6) is 1.18. The fourth-order valence-electron chi connectivity index (χ4n) is 3.10. The zero-order chi connectivity index (χ0) is 19.4. The number of anilines is 2. The molecule has 6 nitrogen and oxygen atoms in total. The van der Waals surface area contributed by atoms with Crippen molar-refractivity contribution in [3.05, 3.63) is 47.5 Å². The third-order valence-electron chi connectivity index (χ3n) is 4.21. The molecule has 0 bridgehead atoms. The Hall–Kier alpha value is -3.02. The van der Waals surface area contributed by atoms with Crippen molar-refractivity contribution >= 4 is 23.2 Å². The molecule has 0 aliphatic carbocycles. The highest BCUT2D eigenvalue weighted by Crippen LogP contribution is 2.38. The highest BCUT2D eigenvalue weighted by molar-refractivity contribution is 5.94. The third-order valence-corrected chi connectivity index (χ3v) is 4.21. The molecule has 142 valence electrons. The number of rotatable bonds is 6. The van der Waals surface area contributed by atoms with Crippen LogP contribution in [0.25, 0.3) is 0 Å². The van der Waals surface area contributed by atoms with Gasteiger partial charge in [-0.1, -0.05) is 12.1 Å². The van der Waals surface area contributed by atoms with Crippen LogP contribution in [0.3, 0.4) is 0 Å². The quantitative estimate of drug-likeness (QED) is 0.818. The van der Waals surface area contributed by atoms with Crippen LogP contribution in [0.1, 0.15) is 31.9 Å². The van der Waals surface area contributed by atoms with Gasteiger partial charge in [0, 0.05) is 30.7 Å². The molecule has 2 amide bonds. The number of benzene rings is 2. The van der Waals surface area contributed by atoms with Gasteiger partial charge in [0.05, 0.1) is 18.7 Å². The maximum absolute atomic E-state index is 12.5. The largest absolute Gasteiger partial charge is 0.492 e. The molecule has 0 fully saturated rings. The van der Waals surface area contributed by atoms with Crippen molar-refractivity contribution in [3.8, 4) is 11.5 Å². The molecule has 2 aromatic rings. The zero-order valence-electron chi connectivity index (χ0n) is 15.8. The second-order valence-corrected chi connectivity index (χ2v) is 6.62. The van der Waals surface area contributed by atoms with Crippen LogP contribution in [0.5, 0.6) is 11.5 Å². The predicted molar refractivity (Wildman–Crippen MR) is 104 cm³/mol. The van der Waals surface area contributed by atoms with E-state index in [0.29, 0.717) is 23.7 Å². The van der Waals surface area contributed by atoms with E-state index in [1.807, 2.05) is 38.1 Å². The van der Waals surface area contributed by atoms with Gasteiger partial charge in [0.15, 0.2) is 0 Å². The number of amides is 2. The molecule has 6 heteroatoms. The first-order chi connectivity index (χ1) is 12.9. The third kappa shape index (κ3) is 4.78. The van der Waals surface area contributed by atoms with Crippen LogP contribution in [-0.2, 0) is 22.4 Å². The molecular formula is C21H24N2O4. The van der Waals surface area contributed by atoms with E-state index >= 15 is 0 Å². The highest BCUT2D eigenvalue weighted by Gasteiger charge is 2.22. The summed E-state index contributed by atoms with van der Waals surface area (Å²) >= 11 is 0. The monoisotopic (exact) mass is 368 g/mol. The molecule has 1 heterocycles. The average Bonchev–Trinajstić information content (AvgIpc) is 2.95. The van der Waals surface area contributed by atoms with E-state index in [4.69, 9.17) is 9.47 Å². The van der Waals surface area contributed by atoms with Gasteiger partial charge in [-0.15, -0.1) is 0 Å². The molecule has 2 aromatic carbocycles. The van der Waals surface area contributed by atoms with E-state index in [2.05, 4.69) is 10.6 Å². The van der Waals surface area contributed by atoms with E-state index in [-0.39, 0.29) is 24.3 Å². The van der Waals surface area contributed by atoms with E-state index in [0.717, 1.165) is 23.3 Å². The molecule has 1 aliphatic heterocycles. The van der Waals surface area contributed by atoms with Crippen LogP contribution < -0.4 is 20.1 Å². The fourth-order valence-corrected chi connectivity index (χ4v) is 3.10. The highest BCUT2D eigenvalue weighted by atomic mass is 16.5. The SMILES string of the molecule is CCOc1cc2c(cc1NC(=O)Cc1ccc(NC(C)=O)cc1)OC(C)C2. The van der Waals surface area contributed by atoms with Gasteiger partial charge in [0.25, 0.3) is 0 Å². The maximum Gasteiger partial charge on any atom is 0.228 e. The van der Waals surface area contributed by atoms with Gasteiger partial charge in [-0.2, -0.15) is 0 Å². The standard InChI is InChI=1S/C21H24N2O4/c1-4-26-20-11-16-9-13(2)27-19(16)12-18(20)23-21(25)10-15-5-7-17(8-6-15)22-14(3)24/h5-8,11-13H,4,9-10H2,1-3H3,(H,22,24)(H,23,25). The summed E-state index contributed by atoms with van der Waals surface area (Å²) < 4.78 is 11.5. The molecule has 0 saturated heterocycles. The van der Waals surface area contributed by atoms with Crippen molar-refractivity contribution in [2.24, 2.45) is 0 Å². The number of hydrogen-bond acceptors (Lipinski definition) is 4. The van der Waals surface area contributed by atoms with Crippen LogP contribution in [0.2, 0.25) is 0 Å². The van der Waals surface area contributed by atoms with Gasteiger partial charge < -0.3 is 20.1 Å². The van der Waals surface area contributed by atoms with Gasteiger partial charge in [-0.05, 0) is 37.6 Å². The van der Waals surface area contributed by atoms with E-state index in [1.165, 1.54) is 6.92 Å². The summed E-state index contributed by atoms with van der Waals surface area (Å²) in [5, 5.41) is 5.63. The summed E-state index contributed by atoms with van der Waals surface area (Å²) in [4.78, 5) is 23.6. The topological polar surface area (TPSA) is 76.7 Å². The lowest BCUT2D eigenvalue weighted by atomic mass is 10.1. The van der Waals surface area contributed by atoms with Crippen LogP contribution >= 0.6 is 0 Å². The Labute approximate surface area is 158 Å². The van der Waals surface area contributed by atoms with Crippen molar-refractivity contribution in [1.82, 2.24) is 0 Å². The van der Waals surface area contributed by atoms with Gasteiger partial charge >= 0.3 is 0 Å². The molecule has 2 N–H and O–H groups in total. The maximum atomic E-state index is 12.5. The number of fused-ring (bicyclic) bond motifs is 1. The summed E-state index contributed by atoms with van der Waals surface area (Å²) in [6.45, 7) is 5.90. The smallest absolute Gasteiger partial charge is 0.228 e. The Bertz CT molecular complexity index is 846. The zero-order valence-corrected chi connectivity index (χ0v) is 15.8. The van der Waals surface area contributed by atoms with Crippen LogP contribution in [-0.4, -0.2) is 24.5 Å². The second kappa shape index (κ2) is 8.12. The molecule has 0 saturated carbocycles. The molecule has 1 unspecified atom stereocenters. The second-order valence-electron chi connectivity index (χ2n) is 6.62.